The van der Waals surface area contributed by atoms with Gasteiger partial charge in [-0.3, -0.25) is 4.79 Å². The van der Waals surface area contributed by atoms with E-state index in [2.05, 4.69) is 5.32 Å². The number of nitrogens with one attached hydrogen (secondary N) is 1. The van der Waals surface area contributed by atoms with Gasteiger partial charge < -0.3 is 19.7 Å². The summed E-state index contributed by atoms with van der Waals surface area (Å²) in [5.41, 5.74) is 0.722. The Labute approximate surface area is 156 Å². The van der Waals surface area contributed by atoms with E-state index in [4.69, 9.17) is 9.47 Å². The third kappa shape index (κ3) is 4.77. The molecule has 1 N–H and O–H groups in total. The maximum atomic E-state index is 12.8. The van der Waals surface area contributed by atoms with Gasteiger partial charge in [-0.05, 0) is 69.2 Å². The average Bonchev–Trinajstić information content (AvgIpc) is 3.37. The molecule has 1 aliphatic carbocycles. The summed E-state index contributed by atoms with van der Waals surface area (Å²) < 4.78 is 11.4. The molecular weight excluding hydrogens is 328 g/mol. The number of hydrogen-bond donors (Lipinski definition) is 1. The molecular formula is C21H30N2O3. The van der Waals surface area contributed by atoms with Crippen LogP contribution in [0.2, 0.25) is 0 Å². The molecule has 2 aliphatic heterocycles. The van der Waals surface area contributed by atoms with Gasteiger partial charge in [0.2, 0.25) is 0 Å². The molecule has 1 amide bonds. The van der Waals surface area contributed by atoms with Crippen molar-refractivity contribution in [3.8, 4) is 5.75 Å². The molecule has 26 heavy (non-hydrogen) atoms. The second-order valence-corrected chi connectivity index (χ2v) is 7.89. The molecule has 1 aromatic rings. The topological polar surface area (TPSA) is 50.8 Å². The average molecular weight is 358 g/mol. The second-order valence-electron chi connectivity index (χ2n) is 7.89. The lowest BCUT2D eigenvalue weighted by Crippen LogP contribution is -2.45. The van der Waals surface area contributed by atoms with Crippen molar-refractivity contribution in [3.63, 3.8) is 0 Å². The summed E-state index contributed by atoms with van der Waals surface area (Å²) in [5.74, 6) is 1.78. The monoisotopic (exact) mass is 358 g/mol. The van der Waals surface area contributed by atoms with Gasteiger partial charge in [0.1, 0.15) is 12.4 Å². The Bertz CT molecular complexity index is 603. The van der Waals surface area contributed by atoms with E-state index in [1.165, 1.54) is 12.8 Å². The molecule has 0 spiro atoms. The molecule has 1 atom stereocenters. The highest BCUT2D eigenvalue weighted by Crippen LogP contribution is 2.28. The first kappa shape index (κ1) is 17.8. The maximum absolute atomic E-state index is 12.8. The minimum Gasteiger partial charge on any atom is -0.491 e. The molecule has 1 unspecified atom stereocenters. The third-order valence-electron chi connectivity index (χ3n) is 5.72. The van der Waals surface area contributed by atoms with Crippen LogP contribution in [0.15, 0.2) is 24.3 Å². The lowest BCUT2D eigenvalue weighted by Gasteiger charge is -2.32. The van der Waals surface area contributed by atoms with Crippen LogP contribution in [0.5, 0.6) is 5.75 Å². The largest absolute Gasteiger partial charge is 0.491 e. The fourth-order valence-corrected chi connectivity index (χ4v) is 3.81. The predicted molar refractivity (Wildman–Crippen MR) is 101 cm³/mol. The van der Waals surface area contributed by atoms with Gasteiger partial charge in [-0.25, -0.2) is 0 Å². The molecule has 0 aromatic heterocycles. The quantitative estimate of drug-likeness (QED) is 0.814. The van der Waals surface area contributed by atoms with Crippen LogP contribution in [-0.4, -0.2) is 55.8 Å². The molecule has 2 heterocycles. The van der Waals surface area contributed by atoms with E-state index >= 15 is 0 Å². The van der Waals surface area contributed by atoms with Crippen molar-refractivity contribution in [2.24, 2.45) is 5.92 Å². The van der Waals surface area contributed by atoms with Crippen LogP contribution in [0.25, 0.3) is 0 Å². The Morgan fingerprint density at radius 3 is 2.77 bits per heavy atom. The number of carbonyl (C=O) groups excluding carboxylic acids is 1. The molecule has 3 aliphatic rings. The van der Waals surface area contributed by atoms with Crippen molar-refractivity contribution in [2.75, 3.05) is 32.8 Å². The first-order valence-electron chi connectivity index (χ1n) is 10.1. The summed E-state index contributed by atoms with van der Waals surface area (Å²) in [6, 6.07) is 8.15. The maximum Gasteiger partial charge on any atom is 0.253 e. The third-order valence-corrected chi connectivity index (χ3v) is 5.72. The van der Waals surface area contributed by atoms with Crippen LogP contribution >= 0.6 is 0 Å². The zero-order valence-corrected chi connectivity index (χ0v) is 15.5. The van der Waals surface area contributed by atoms with E-state index in [0.717, 1.165) is 69.2 Å². The van der Waals surface area contributed by atoms with Crippen LogP contribution in [0.3, 0.4) is 0 Å². The van der Waals surface area contributed by atoms with Gasteiger partial charge in [-0.1, -0.05) is 6.07 Å². The molecule has 5 nitrogen and oxygen atoms in total. The minimum atomic E-state index is 0.119. The summed E-state index contributed by atoms with van der Waals surface area (Å²) in [6.45, 7) is 4.22. The fourth-order valence-electron chi connectivity index (χ4n) is 3.81. The summed E-state index contributed by atoms with van der Waals surface area (Å²) in [6.07, 6.45) is 7.23. The van der Waals surface area contributed by atoms with Crippen LogP contribution in [0.1, 0.15) is 48.9 Å². The van der Waals surface area contributed by atoms with Crippen LogP contribution in [-0.2, 0) is 4.74 Å². The van der Waals surface area contributed by atoms with Crippen LogP contribution < -0.4 is 10.1 Å². The van der Waals surface area contributed by atoms with Gasteiger partial charge in [-0.2, -0.15) is 0 Å². The number of nitrogens with zero attached hydrogens (tertiary/aromatic N) is 1. The fraction of sp³-hybridized carbons (Fsp3) is 0.667. The standard InChI is InChI=1S/C21H30N2O3/c24-21(23-10-8-18(9-11-23)22-14-16-6-7-16)17-3-1-4-19(13-17)26-15-20-5-2-12-25-20/h1,3-4,13,16,18,20,22H,2,5-12,14-15H2. The Morgan fingerprint density at radius 1 is 1.19 bits per heavy atom. The van der Waals surface area contributed by atoms with Crippen LogP contribution in [0, 0.1) is 5.92 Å². The van der Waals surface area contributed by atoms with E-state index < -0.39 is 0 Å². The van der Waals surface area contributed by atoms with Gasteiger partial charge in [0.15, 0.2) is 0 Å². The van der Waals surface area contributed by atoms with Crippen molar-refractivity contribution >= 4 is 5.91 Å². The molecule has 5 heteroatoms. The smallest absolute Gasteiger partial charge is 0.253 e. The molecule has 4 rings (SSSR count). The van der Waals surface area contributed by atoms with Crippen molar-refractivity contribution in [3.05, 3.63) is 29.8 Å². The van der Waals surface area contributed by atoms with Crippen molar-refractivity contribution < 1.29 is 14.3 Å². The van der Waals surface area contributed by atoms with Crippen molar-refractivity contribution in [1.82, 2.24) is 10.2 Å². The Hall–Kier alpha value is -1.59. The Balaban J connectivity index is 1.26. The number of rotatable bonds is 7. The van der Waals surface area contributed by atoms with E-state index in [1.54, 1.807) is 0 Å². The molecule has 3 fully saturated rings. The first-order chi connectivity index (χ1) is 12.8. The Kier molecular flexibility index (Phi) is 5.75. The lowest BCUT2D eigenvalue weighted by atomic mass is 10.0. The summed E-state index contributed by atoms with van der Waals surface area (Å²) in [5, 5.41) is 3.67. The number of likely N-dealkylation sites (tertiary alicyclic amines) is 1. The number of amides is 1. The van der Waals surface area contributed by atoms with E-state index in [1.807, 2.05) is 29.2 Å². The summed E-state index contributed by atoms with van der Waals surface area (Å²) >= 11 is 0. The van der Waals surface area contributed by atoms with Gasteiger partial charge in [0.05, 0.1) is 6.10 Å². The van der Waals surface area contributed by atoms with E-state index in [-0.39, 0.29) is 12.0 Å². The van der Waals surface area contributed by atoms with E-state index in [9.17, 15) is 4.79 Å². The Morgan fingerprint density at radius 2 is 2.04 bits per heavy atom. The second kappa shape index (κ2) is 8.40. The van der Waals surface area contributed by atoms with Crippen LogP contribution in [0.4, 0.5) is 0 Å². The van der Waals surface area contributed by atoms with Gasteiger partial charge in [0, 0.05) is 31.3 Å². The zero-order chi connectivity index (χ0) is 17.8. The number of hydrogen-bond acceptors (Lipinski definition) is 4. The number of carbonyl (C=O) groups is 1. The van der Waals surface area contributed by atoms with Gasteiger partial charge in [-0.15, -0.1) is 0 Å². The molecule has 1 aromatic carbocycles. The molecule has 0 radical (unpaired) electrons. The molecule has 0 bridgehead atoms. The number of benzene rings is 1. The predicted octanol–water partition coefficient (Wildman–Crippen LogP) is 2.85. The zero-order valence-electron chi connectivity index (χ0n) is 15.5. The number of ether oxygens (including phenoxy) is 2. The van der Waals surface area contributed by atoms with Crippen molar-refractivity contribution in [2.45, 2.75) is 50.7 Å². The molecule has 1 saturated carbocycles. The highest BCUT2D eigenvalue weighted by Gasteiger charge is 2.26. The normalized spacial score (nSPS) is 24.0. The summed E-state index contributed by atoms with van der Waals surface area (Å²) in [7, 11) is 0. The van der Waals surface area contributed by atoms with Gasteiger partial charge in [0.25, 0.3) is 5.91 Å². The SMILES string of the molecule is O=C(c1cccc(OCC2CCCO2)c1)N1CCC(NCC2CC2)CC1. The van der Waals surface area contributed by atoms with E-state index in [0.29, 0.717) is 12.6 Å². The number of piperidine rings is 1. The highest BCUT2D eigenvalue weighted by molar-refractivity contribution is 5.94. The molecule has 142 valence electrons. The van der Waals surface area contributed by atoms with Gasteiger partial charge >= 0.3 is 0 Å². The lowest BCUT2D eigenvalue weighted by molar-refractivity contribution is 0.0674. The first-order valence-corrected chi connectivity index (χ1v) is 10.1. The minimum absolute atomic E-state index is 0.119. The highest BCUT2D eigenvalue weighted by atomic mass is 16.5. The van der Waals surface area contributed by atoms with Crippen molar-refractivity contribution in [1.29, 1.82) is 0 Å². The molecule has 2 saturated heterocycles. The summed E-state index contributed by atoms with van der Waals surface area (Å²) in [4.78, 5) is 14.8.